The second-order valence-electron chi connectivity index (χ2n) is 3.14. The minimum absolute atomic E-state index is 0.769. The van der Waals surface area contributed by atoms with Crippen molar-refractivity contribution in [3.05, 3.63) is 29.2 Å². The summed E-state index contributed by atoms with van der Waals surface area (Å²) in [6.45, 7) is 2.99. The van der Waals surface area contributed by atoms with E-state index in [0.717, 1.165) is 23.7 Å². The van der Waals surface area contributed by atoms with E-state index in [0.29, 0.717) is 0 Å². The van der Waals surface area contributed by atoms with E-state index in [-0.39, 0.29) is 0 Å². The van der Waals surface area contributed by atoms with E-state index >= 15 is 0 Å². The summed E-state index contributed by atoms with van der Waals surface area (Å²) in [6, 6.07) is 0. The molecule has 3 heteroatoms. The van der Waals surface area contributed by atoms with Gasteiger partial charge in [0, 0.05) is 19.7 Å². The Labute approximate surface area is 83.0 Å². The van der Waals surface area contributed by atoms with Gasteiger partial charge < -0.3 is 9.42 Å². The predicted molar refractivity (Wildman–Crippen MR) is 57.0 cm³/mol. The molecule has 0 atom stereocenters. The van der Waals surface area contributed by atoms with E-state index in [1.165, 1.54) is 0 Å². The normalized spacial score (nSPS) is 12.7. The molecule has 0 fully saturated rings. The molecular formula is C11H12N2O. The van der Waals surface area contributed by atoms with Crippen molar-refractivity contribution in [2.45, 2.75) is 6.92 Å². The van der Waals surface area contributed by atoms with Gasteiger partial charge in [0.2, 0.25) is 0 Å². The Morgan fingerprint density at radius 1 is 1.57 bits per heavy atom. The van der Waals surface area contributed by atoms with Crippen molar-refractivity contribution in [1.82, 2.24) is 5.16 Å². The Morgan fingerprint density at radius 3 is 3.21 bits per heavy atom. The van der Waals surface area contributed by atoms with Crippen LogP contribution in [0.4, 0.5) is 5.82 Å². The first kappa shape index (κ1) is 8.85. The molecule has 1 aliphatic carbocycles. The fraction of sp³-hybridized carbons (Fsp3) is 0.273. The maximum absolute atomic E-state index is 5.21. The number of nitrogens with zero attached hydrogens (tertiary/aromatic N) is 2. The summed E-state index contributed by atoms with van der Waals surface area (Å²) in [6.07, 6.45) is 7.58. The molecule has 0 unspecified atom stereocenters. The number of allylic oxidation sites excluding steroid dienone is 2. The van der Waals surface area contributed by atoms with E-state index in [1.807, 2.05) is 30.2 Å². The third-order valence-corrected chi connectivity index (χ3v) is 2.24. The van der Waals surface area contributed by atoms with Crippen LogP contribution in [0.2, 0.25) is 0 Å². The summed E-state index contributed by atoms with van der Waals surface area (Å²) in [5, 5.41) is 4.02. The van der Waals surface area contributed by atoms with Gasteiger partial charge in [-0.25, -0.2) is 0 Å². The number of hydrogen-bond acceptors (Lipinski definition) is 3. The van der Waals surface area contributed by atoms with Gasteiger partial charge in [-0.2, -0.15) is 0 Å². The van der Waals surface area contributed by atoms with E-state index in [1.54, 1.807) is 6.08 Å². The van der Waals surface area contributed by atoms with Crippen LogP contribution in [-0.2, 0) is 0 Å². The highest BCUT2D eigenvalue weighted by Crippen LogP contribution is 2.25. The molecule has 1 heterocycles. The number of fused-ring (bicyclic) bond motifs is 1. The van der Waals surface area contributed by atoms with Crippen LogP contribution in [-0.4, -0.2) is 18.7 Å². The van der Waals surface area contributed by atoms with Gasteiger partial charge in [0.1, 0.15) is 0 Å². The maximum atomic E-state index is 5.21. The Bertz CT molecular complexity index is 422. The van der Waals surface area contributed by atoms with E-state index in [4.69, 9.17) is 4.52 Å². The summed E-state index contributed by atoms with van der Waals surface area (Å²) in [5.74, 6) is 1.65. The molecule has 1 aliphatic rings. The molecule has 0 aromatic carbocycles. The topological polar surface area (TPSA) is 29.3 Å². The molecule has 0 saturated carbocycles. The van der Waals surface area contributed by atoms with Crippen LogP contribution in [0.1, 0.15) is 18.2 Å². The average molecular weight is 188 g/mol. The Balaban J connectivity index is 2.48. The first-order valence-corrected chi connectivity index (χ1v) is 4.63. The van der Waals surface area contributed by atoms with Crippen molar-refractivity contribution < 1.29 is 4.52 Å². The highest BCUT2D eigenvalue weighted by atomic mass is 16.5. The minimum Gasteiger partial charge on any atom is -0.357 e. The van der Waals surface area contributed by atoms with E-state index in [2.05, 4.69) is 17.8 Å². The van der Waals surface area contributed by atoms with Gasteiger partial charge in [0.05, 0.1) is 5.56 Å². The zero-order valence-corrected chi connectivity index (χ0v) is 8.32. The third kappa shape index (κ3) is 1.38. The SMILES string of the molecule is CCN(C)c1noc2c1C=CC=C=C2. The number of rotatable bonds is 2. The summed E-state index contributed by atoms with van der Waals surface area (Å²) < 4.78 is 5.21. The Hall–Kier alpha value is -1.73. The van der Waals surface area contributed by atoms with Crippen molar-refractivity contribution in [2.24, 2.45) is 0 Å². The van der Waals surface area contributed by atoms with Crippen LogP contribution < -0.4 is 4.90 Å². The molecule has 72 valence electrons. The van der Waals surface area contributed by atoms with Crippen LogP contribution in [0.5, 0.6) is 0 Å². The lowest BCUT2D eigenvalue weighted by Crippen LogP contribution is -2.16. The van der Waals surface area contributed by atoms with Crippen LogP contribution in [0.3, 0.4) is 0 Å². The summed E-state index contributed by atoms with van der Waals surface area (Å²) in [7, 11) is 1.99. The van der Waals surface area contributed by atoms with Crippen molar-refractivity contribution in [2.75, 3.05) is 18.5 Å². The monoisotopic (exact) mass is 188 g/mol. The van der Waals surface area contributed by atoms with Crippen LogP contribution >= 0.6 is 0 Å². The van der Waals surface area contributed by atoms with Crippen LogP contribution in [0.25, 0.3) is 12.2 Å². The lowest BCUT2D eigenvalue weighted by molar-refractivity contribution is 0.413. The van der Waals surface area contributed by atoms with Gasteiger partial charge in [-0.1, -0.05) is 11.2 Å². The largest absolute Gasteiger partial charge is 0.357 e. The Kier molecular flexibility index (Phi) is 2.25. The van der Waals surface area contributed by atoms with Crippen molar-refractivity contribution in [3.63, 3.8) is 0 Å². The first-order chi connectivity index (χ1) is 6.83. The van der Waals surface area contributed by atoms with Gasteiger partial charge in [0.25, 0.3) is 0 Å². The molecule has 0 saturated heterocycles. The molecule has 1 aromatic rings. The van der Waals surface area contributed by atoms with Crippen molar-refractivity contribution in [3.8, 4) is 0 Å². The van der Waals surface area contributed by atoms with Crippen LogP contribution in [0, 0.1) is 0 Å². The fourth-order valence-corrected chi connectivity index (χ4v) is 1.31. The quantitative estimate of drug-likeness (QED) is 0.667. The number of hydrogen-bond donors (Lipinski definition) is 0. The van der Waals surface area contributed by atoms with E-state index in [9.17, 15) is 0 Å². The molecule has 0 N–H and O–H groups in total. The van der Waals surface area contributed by atoms with E-state index < -0.39 is 0 Å². The lowest BCUT2D eigenvalue weighted by Gasteiger charge is -2.12. The zero-order valence-electron chi connectivity index (χ0n) is 8.32. The van der Waals surface area contributed by atoms with Crippen LogP contribution in [0.15, 0.2) is 22.4 Å². The Morgan fingerprint density at radius 2 is 2.43 bits per heavy atom. The van der Waals surface area contributed by atoms with Gasteiger partial charge in [0.15, 0.2) is 11.6 Å². The molecule has 0 aliphatic heterocycles. The second kappa shape index (κ2) is 3.56. The number of anilines is 1. The standard InChI is InChI=1S/C11H12N2O/c1-3-13(2)11-9-7-5-4-6-8-10(9)14-12-11/h4-5,7-8H,3H2,1-2H3. The molecule has 2 rings (SSSR count). The van der Waals surface area contributed by atoms with Gasteiger partial charge in [-0.3, -0.25) is 0 Å². The highest BCUT2D eigenvalue weighted by molar-refractivity contribution is 5.73. The molecule has 0 amide bonds. The molecule has 0 spiro atoms. The molecule has 3 nitrogen and oxygen atoms in total. The van der Waals surface area contributed by atoms with Crippen molar-refractivity contribution in [1.29, 1.82) is 0 Å². The smallest absolute Gasteiger partial charge is 0.179 e. The van der Waals surface area contributed by atoms with Gasteiger partial charge in [-0.15, -0.1) is 5.73 Å². The number of aromatic nitrogens is 1. The second-order valence-corrected chi connectivity index (χ2v) is 3.14. The average Bonchev–Trinajstić information content (AvgIpc) is 2.46. The van der Waals surface area contributed by atoms with Gasteiger partial charge in [-0.05, 0) is 19.1 Å². The minimum atomic E-state index is 0.769. The maximum Gasteiger partial charge on any atom is 0.179 e. The molecular weight excluding hydrogens is 176 g/mol. The molecule has 0 bridgehead atoms. The van der Waals surface area contributed by atoms with Crippen molar-refractivity contribution >= 4 is 18.0 Å². The fourth-order valence-electron chi connectivity index (χ4n) is 1.31. The summed E-state index contributed by atoms with van der Waals surface area (Å²) in [4.78, 5) is 2.05. The first-order valence-electron chi connectivity index (χ1n) is 4.63. The zero-order chi connectivity index (χ0) is 9.97. The van der Waals surface area contributed by atoms with Gasteiger partial charge >= 0.3 is 0 Å². The summed E-state index contributed by atoms with van der Waals surface area (Å²) >= 11 is 0. The molecule has 1 aromatic heterocycles. The summed E-state index contributed by atoms with van der Waals surface area (Å²) in [5.41, 5.74) is 4.01. The molecule has 14 heavy (non-hydrogen) atoms. The lowest BCUT2D eigenvalue weighted by atomic mass is 10.2. The molecule has 0 radical (unpaired) electrons. The third-order valence-electron chi connectivity index (χ3n) is 2.24. The predicted octanol–water partition coefficient (Wildman–Crippen LogP) is 2.33. The highest BCUT2D eigenvalue weighted by Gasteiger charge is 2.14.